The molecule has 0 aromatic heterocycles. The monoisotopic (exact) mass is 361 g/mol. The van der Waals surface area contributed by atoms with Crippen molar-refractivity contribution in [1.29, 1.82) is 0 Å². The third-order valence-corrected chi connectivity index (χ3v) is 4.82. The summed E-state index contributed by atoms with van der Waals surface area (Å²) in [5.41, 5.74) is 1.09. The lowest BCUT2D eigenvalue weighted by Gasteiger charge is -2.35. The van der Waals surface area contributed by atoms with E-state index in [4.69, 9.17) is 9.47 Å². The van der Waals surface area contributed by atoms with Gasteiger partial charge in [0.05, 0.1) is 6.54 Å². The Morgan fingerprint density at radius 2 is 2.00 bits per heavy atom. The minimum Gasteiger partial charge on any atom is -0.480 e. The van der Waals surface area contributed by atoms with Gasteiger partial charge in [-0.2, -0.15) is 0 Å². The first-order valence-corrected chi connectivity index (χ1v) is 9.18. The molecule has 26 heavy (non-hydrogen) atoms. The Balaban J connectivity index is 1.39. The first-order chi connectivity index (χ1) is 12.7. The van der Waals surface area contributed by atoms with E-state index < -0.39 is 6.10 Å². The van der Waals surface area contributed by atoms with Crippen molar-refractivity contribution in [2.75, 3.05) is 53.0 Å². The highest BCUT2D eigenvalue weighted by Gasteiger charge is 2.33. The highest BCUT2D eigenvalue weighted by atomic mass is 16.5. The van der Waals surface area contributed by atoms with E-state index in [2.05, 4.69) is 10.2 Å². The molecule has 1 N–H and O–H groups in total. The molecule has 0 unspecified atom stereocenters. The molecule has 2 aliphatic rings. The van der Waals surface area contributed by atoms with Gasteiger partial charge in [-0.3, -0.25) is 14.5 Å². The fraction of sp³-hybridized carbons (Fsp3) is 0.579. The van der Waals surface area contributed by atoms with Crippen molar-refractivity contribution in [1.82, 2.24) is 15.1 Å². The molecule has 1 atom stereocenters. The molecule has 0 bridgehead atoms. The van der Waals surface area contributed by atoms with E-state index in [-0.39, 0.29) is 11.8 Å². The Kier molecular flexibility index (Phi) is 6.46. The van der Waals surface area contributed by atoms with Gasteiger partial charge in [-0.25, -0.2) is 0 Å². The lowest BCUT2D eigenvalue weighted by atomic mass is 10.1. The molecule has 1 saturated heterocycles. The number of methoxy groups -OCH3 is 1. The summed E-state index contributed by atoms with van der Waals surface area (Å²) in [4.78, 5) is 28.6. The third-order valence-electron chi connectivity index (χ3n) is 4.82. The van der Waals surface area contributed by atoms with Gasteiger partial charge in [0.1, 0.15) is 5.75 Å². The van der Waals surface area contributed by atoms with Crippen LogP contribution in [-0.2, 0) is 20.7 Å². The van der Waals surface area contributed by atoms with Crippen LogP contribution in [0.3, 0.4) is 0 Å². The van der Waals surface area contributed by atoms with E-state index in [0.717, 1.165) is 17.7 Å². The lowest BCUT2D eigenvalue weighted by molar-refractivity contribution is -0.139. The summed E-state index contributed by atoms with van der Waals surface area (Å²) in [6.07, 6.45) is 1.04. The second-order valence-electron chi connectivity index (χ2n) is 6.72. The van der Waals surface area contributed by atoms with E-state index in [1.54, 1.807) is 7.11 Å². The minimum absolute atomic E-state index is 0.0236. The Morgan fingerprint density at radius 3 is 2.73 bits per heavy atom. The summed E-state index contributed by atoms with van der Waals surface area (Å²) in [6, 6.07) is 7.80. The average molecular weight is 361 g/mol. The number of hydrogen-bond acceptors (Lipinski definition) is 5. The van der Waals surface area contributed by atoms with E-state index >= 15 is 0 Å². The quantitative estimate of drug-likeness (QED) is 0.707. The van der Waals surface area contributed by atoms with E-state index in [9.17, 15) is 9.59 Å². The number of para-hydroxylation sites is 1. The predicted molar refractivity (Wildman–Crippen MR) is 97.1 cm³/mol. The second-order valence-corrected chi connectivity index (χ2v) is 6.72. The van der Waals surface area contributed by atoms with Crippen LogP contribution in [0.2, 0.25) is 0 Å². The maximum Gasteiger partial charge on any atom is 0.264 e. The molecule has 2 heterocycles. The van der Waals surface area contributed by atoms with Crippen molar-refractivity contribution in [2.45, 2.75) is 18.9 Å². The summed E-state index contributed by atoms with van der Waals surface area (Å²) >= 11 is 0. The van der Waals surface area contributed by atoms with Gasteiger partial charge in [-0.15, -0.1) is 0 Å². The Labute approximate surface area is 154 Å². The Bertz CT molecular complexity index is 604. The molecule has 0 spiro atoms. The number of carbonyl (C=O) groups is 2. The zero-order chi connectivity index (χ0) is 18.4. The molecule has 1 fully saturated rings. The van der Waals surface area contributed by atoms with Crippen LogP contribution in [0.1, 0.15) is 12.0 Å². The fourth-order valence-electron chi connectivity index (χ4n) is 3.35. The molecular weight excluding hydrogens is 334 g/mol. The lowest BCUT2D eigenvalue weighted by Crippen LogP contribution is -2.53. The summed E-state index contributed by atoms with van der Waals surface area (Å²) in [5, 5.41) is 2.89. The van der Waals surface area contributed by atoms with Crippen LogP contribution in [-0.4, -0.2) is 80.7 Å². The van der Waals surface area contributed by atoms with E-state index in [1.165, 1.54) is 0 Å². The number of nitrogens with zero attached hydrogens (tertiary/aromatic N) is 2. The number of amides is 2. The van der Waals surface area contributed by atoms with Crippen LogP contribution in [0, 0.1) is 0 Å². The predicted octanol–water partition coefficient (Wildman–Crippen LogP) is 0.287. The Hall–Kier alpha value is -2.12. The van der Waals surface area contributed by atoms with Crippen LogP contribution in [0.4, 0.5) is 0 Å². The van der Waals surface area contributed by atoms with Crippen molar-refractivity contribution in [3.8, 4) is 5.75 Å². The molecule has 1 aromatic carbocycles. The van der Waals surface area contributed by atoms with Crippen LogP contribution < -0.4 is 10.1 Å². The molecule has 2 amide bonds. The third kappa shape index (κ3) is 4.74. The van der Waals surface area contributed by atoms with Crippen LogP contribution in [0.25, 0.3) is 0 Å². The first-order valence-electron chi connectivity index (χ1n) is 9.18. The van der Waals surface area contributed by atoms with E-state index in [0.29, 0.717) is 52.3 Å². The van der Waals surface area contributed by atoms with E-state index in [1.807, 2.05) is 29.2 Å². The normalized spacial score (nSPS) is 19.7. The largest absolute Gasteiger partial charge is 0.480 e. The van der Waals surface area contributed by atoms with Gasteiger partial charge in [0.25, 0.3) is 5.91 Å². The number of ether oxygens (including phenoxy) is 2. The smallest absolute Gasteiger partial charge is 0.264 e. The number of hydrogen-bond donors (Lipinski definition) is 1. The topological polar surface area (TPSA) is 71.1 Å². The molecule has 0 saturated carbocycles. The van der Waals surface area contributed by atoms with Crippen molar-refractivity contribution >= 4 is 11.8 Å². The maximum absolute atomic E-state index is 12.7. The zero-order valence-corrected chi connectivity index (χ0v) is 15.3. The number of rotatable bonds is 7. The van der Waals surface area contributed by atoms with Crippen molar-refractivity contribution in [3.63, 3.8) is 0 Å². The van der Waals surface area contributed by atoms with Crippen molar-refractivity contribution in [3.05, 3.63) is 29.8 Å². The van der Waals surface area contributed by atoms with Gasteiger partial charge in [-0.1, -0.05) is 18.2 Å². The molecule has 7 nitrogen and oxygen atoms in total. The molecule has 2 aliphatic heterocycles. The molecule has 142 valence electrons. The molecule has 1 aromatic rings. The Morgan fingerprint density at radius 1 is 1.23 bits per heavy atom. The van der Waals surface area contributed by atoms with Crippen molar-refractivity contribution in [2.24, 2.45) is 0 Å². The maximum atomic E-state index is 12.7. The molecule has 0 radical (unpaired) electrons. The number of nitrogens with one attached hydrogen (secondary N) is 1. The van der Waals surface area contributed by atoms with Crippen LogP contribution in [0.5, 0.6) is 5.75 Å². The van der Waals surface area contributed by atoms with Crippen LogP contribution >= 0.6 is 0 Å². The summed E-state index contributed by atoms with van der Waals surface area (Å²) in [7, 11) is 1.65. The van der Waals surface area contributed by atoms with Gasteiger partial charge in [0.2, 0.25) is 5.91 Å². The first kappa shape index (κ1) is 18.7. The number of carbonyl (C=O) groups excluding carboxylic acids is 2. The highest BCUT2D eigenvalue weighted by molar-refractivity contribution is 5.83. The highest BCUT2D eigenvalue weighted by Crippen LogP contribution is 2.29. The minimum atomic E-state index is -0.414. The van der Waals surface area contributed by atoms with Gasteiger partial charge >= 0.3 is 0 Å². The standard InChI is InChI=1S/C19H27N3O4/c1-25-12-4-7-20-18(23)14-21-8-10-22(11-9-21)19(24)17-13-15-5-2-3-6-16(15)26-17/h2-3,5-6,17H,4,7-14H2,1H3,(H,20,23)/t17-/m1/s1. The number of benzene rings is 1. The number of fused-ring (bicyclic) bond motifs is 1. The summed E-state index contributed by atoms with van der Waals surface area (Å²) < 4.78 is 10.8. The summed E-state index contributed by atoms with van der Waals surface area (Å²) in [6.45, 7) is 4.32. The van der Waals surface area contributed by atoms with Gasteiger partial charge in [0.15, 0.2) is 6.10 Å². The zero-order valence-electron chi connectivity index (χ0n) is 15.3. The fourth-order valence-corrected chi connectivity index (χ4v) is 3.35. The molecular formula is C19H27N3O4. The molecule has 0 aliphatic carbocycles. The molecule has 7 heteroatoms. The van der Waals surface area contributed by atoms with Gasteiger partial charge < -0.3 is 19.7 Å². The molecule has 3 rings (SSSR count). The SMILES string of the molecule is COCCCNC(=O)CN1CCN(C(=O)[C@H]2Cc3ccccc3O2)CC1. The number of piperazine rings is 1. The second kappa shape index (κ2) is 9.00. The average Bonchev–Trinajstić information content (AvgIpc) is 3.09. The van der Waals surface area contributed by atoms with Crippen molar-refractivity contribution < 1.29 is 19.1 Å². The van der Waals surface area contributed by atoms with Gasteiger partial charge in [0, 0.05) is 52.9 Å². The van der Waals surface area contributed by atoms with Crippen LogP contribution in [0.15, 0.2) is 24.3 Å². The summed E-state index contributed by atoms with van der Waals surface area (Å²) in [5.74, 6) is 0.884. The van der Waals surface area contributed by atoms with Gasteiger partial charge in [-0.05, 0) is 18.1 Å².